The quantitative estimate of drug-likeness (QED) is 0.825. The van der Waals surface area contributed by atoms with E-state index in [9.17, 15) is 4.79 Å². The van der Waals surface area contributed by atoms with Gasteiger partial charge in [-0.2, -0.15) is 0 Å². The minimum atomic E-state index is -0.108. The van der Waals surface area contributed by atoms with E-state index in [0.29, 0.717) is 13.1 Å². The highest BCUT2D eigenvalue weighted by Gasteiger charge is 2.14. The van der Waals surface area contributed by atoms with Gasteiger partial charge in [-0.1, -0.05) is 43.3 Å². The summed E-state index contributed by atoms with van der Waals surface area (Å²) in [4.78, 5) is 16.1. The lowest BCUT2D eigenvalue weighted by Crippen LogP contribution is -2.38. The van der Waals surface area contributed by atoms with Crippen LogP contribution in [0.15, 0.2) is 54.7 Å². The van der Waals surface area contributed by atoms with Crippen molar-refractivity contribution in [3.8, 4) is 0 Å². The van der Waals surface area contributed by atoms with Crippen molar-refractivity contribution in [1.82, 2.24) is 15.6 Å². The Morgan fingerprint density at radius 1 is 1.09 bits per heavy atom. The number of hydrogen-bond donors (Lipinski definition) is 2. The van der Waals surface area contributed by atoms with Gasteiger partial charge in [-0.25, -0.2) is 4.79 Å². The van der Waals surface area contributed by atoms with Crippen molar-refractivity contribution in [3.63, 3.8) is 0 Å². The summed E-state index contributed by atoms with van der Waals surface area (Å²) in [6.45, 7) is 3.33. The molecule has 1 atom stereocenters. The van der Waals surface area contributed by atoms with Gasteiger partial charge < -0.3 is 10.6 Å². The van der Waals surface area contributed by atoms with Crippen LogP contribution in [0.1, 0.15) is 30.5 Å². The van der Waals surface area contributed by atoms with E-state index in [1.54, 1.807) is 6.20 Å². The van der Waals surface area contributed by atoms with Crippen LogP contribution in [-0.2, 0) is 6.42 Å². The normalized spacial score (nSPS) is 11.7. The van der Waals surface area contributed by atoms with Gasteiger partial charge in [-0.3, -0.25) is 4.98 Å². The number of nitrogens with one attached hydrogen (secondary N) is 2. The molecule has 0 spiro atoms. The van der Waals surface area contributed by atoms with Crippen LogP contribution in [0.25, 0.3) is 0 Å². The molecular formula is C18H23N3O. The van der Waals surface area contributed by atoms with E-state index < -0.39 is 0 Å². The summed E-state index contributed by atoms with van der Waals surface area (Å²) < 4.78 is 0. The molecular weight excluding hydrogens is 274 g/mol. The second-order valence-electron chi connectivity index (χ2n) is 5.27. The summed E-state index contributed by atoms with van der Waals surface area (Å²) in [5.41, 5.74) is 2.25. The third-order valence-corrected chi connectivity index (χ3v) is 3.50. The van der Waals surface area contributed by atoms with Crippen LogP contribution in [0.5, 0.6) is 0 Å². The highest BCUT2D eigenvalue weighted by molar-refractivity contribution is 5.73. The number of urea groups is 1. The first-order chi connectivity index (χ1) is 10.8. The zero-order valence-electron chi connectivity index (χ0n) is 13.0. The highest BCUT2D eigenvalue weighted by atomic mass is 16.2. The molecule has 2 aromatic rings. The average molecular weight is 297 g/mol. The molecule has 2 rings (SSSR count). The molecule has 0 aliphatic carbocycles. The SMILES string of the molecule is CCCNC(=O)NCC(Cc1ccccn1)c1ccccc1. The number of carbonyl (C=O) groups excluding carboxylic acids is 1. The fourth-order valence-corrected chi connectivity index (χ4v) is 2.32. The summed E-state index contributed by atoms with van der Waals surface area (Å²) in [6.07, 6.45) is 3.54. The zero-order valence-corrected chi connectivity index (χ0v) is 13.0. The minimum Gasteiger partial charge on any atom is -0.338 e. The van der Waals surface area contributed by atoms with E-state index in [4.69, 9.17) is 0 Å². The molecule has 0 fully saturated rings. The number of carbonyl (C=O) groups is 1. The third kappa shape index (κ3) is 5.20. The Morgan fingerprint density at radius 2 is 1.86 bits per heavy atom. The van der Waals surface area contributed by atoms with E-state index in [1.165, 1.54) is 5.56 Å². The van der Waals surface area contributed by atoms with E-state index >= 15 is 0 Å². The molecule has 4 nitrogen and oxygen atoms in total. The summed E-state index contributed by atoms with van der Waals surface area (Å²) in [7, 11) is 0. The lowest BCUT2D eigenvalue weighted by atomic mass is 9.94. The molecule has 22 heavy (non-hydrogen) atoms. The van der Waals surface area contributed by atoms with Crippen molar-refractivity contribution < 1.29 is 4.79 Å². The zero-order chi connectivity index (χ0) is 15.6. The lowest BCUT2D eigenvalue weighted by molar-refractivity contribution is 0.240. The van der Waals surface area contributed by atoms with Crippen molar-refractivity contribution in [1.29, 1.82) is 0 Å². The molecule has 116 valence electrons. The summed E-state index contributed by atoms with van der Waals surface area (Å²) in [6, 6.07) is 16.1. The lowest BCUT2D eigenvalue weighted by Gasteiger charge is -2.18. The molecule has 0 saturated heterocycles. The Balaban J connectivity index is 2.01. The largest absolute Gasteiger partial charge is 0.338 e. The summed E-state index contributed by atoms with van der Waals surface area (Å²) in [5.74, 6) is 0.212. The monoisotopic (exact) mass is 297 g/mol. The number of aromatic nitrogens is 1. The van der Waals surface area contributed by atoms with Gasteiger partial charge in [0.05, 0.1) is 0 Å². The molecule has 0 aliphatic rings. The smallest absolute Gasteiger partial charge is 0.314 e. The Bertz CT molecular complexity index is 557. The van der Waals surface area contributed by atoms with Gasteiger partial charge in [0, 0.05) is 30.9 Å². The molecule has 0 radical (unpaired) electrons. The first-order valence-corrected chi connectivity index (χ1v) is 7.76. The van der Waals surface area contributed by atoms with E-state index in [2.05, 4.69) is 27.8 Å². The van der Waals surface area contributed by atoms with Crippen LogP contribution in [-0.4, -0.2) is 24.1 Å². The van der Waals surface area contributed by atoms with E-state index in [0.717, 1.165) is 18.5 Å². The van der Waals surface area contributed by atoms with Gasteiger partial charge in [-0.15, -0.1) is 0 Å². The Morgan fingerprint density at radius 3 is 2.55 bits per heavy atom. The maximum absolute atomic E-state index is 11.8. The summed E-state index contributed by atoms with van der Waals surface area (Å²) >= 11 is 0. The van der Waals surface area contributed by atoms with Crippen molar-refractivity contribution in [2.24, 2.45) is 0 Å². The second kappa shape index (κ2) is 8.82. The van der Waals surface area contributed by atoms with Gasteiger partial charge in [0.25, 0.3) is 0 Å². The minimum absolute atomic E-state index is 0.108. The predicted molar refractivity (Wildman–Crippen MR) is 88.8 cm³/mol. The summed E-state index contributed by atoms with van der Waals surface area (Å²) in [5, 5.41) is 5.80. The van der Waals surface area contributed by atoms with Crippen LogP contribution >= 0.6 is 0 Å². The molecule has 1 unspecified atom stereocenters. The average Bonchev–Trinajstić information content (AvgIpc) is 2.58. The maximum atomic E-state index is 11.8. The van der Waals surface area contributed by atoms with Crippen LogP contribution in [0.4, 0.5) is 4.79 Å². The molecule has 1 aromatic carbocycles. The van der Waals surface area contributed by atoms with Crippen molar-refractivity contribution in [3.05, 3.63) is 66.0 Å². The molecule has 0 aliphatic heterocycles. The molecule has 2 amide bonds. The third-order valence-electron chi connectivity index (χ3n) is 3.50. The van der Waals surface area contributed by atoms with Crippen LogP contribution in [0.3, 0.4) is 0 Å². The predicted octanol–water partition coefficient (Wildman–Crippen LogP) is 3.12. The van der Waals surface area contributed by atoms with E-state index in [-0.39, 0.29) is 11.9 Å². The number of hydrogen-bond acceptors (Lipinski definition) is 2. The molecule has 0 bridgehead atoms. The first-order valence-electron chi connectivity index (χ1n) is 7.76. The van der Waals surface area contributed by atoms with Gasteiger partial charge in [-0.05, 0) is 30.5 Å². The Hall–Kier alpha value is -2.36. The number of benzene rings is 1. The molecule has 2 N–H and O–H groups in total. The van der Waals surface area contributed by atoms with E-state index in [1.807, 2.05) is 43.3 Å². The fourth-order valence-electron chi connectivity index (χ4n) is 2.32. The van der Waals surface area contributed by atoms with Crippen molar-refractivity contribution >= 4 is 6.03 Å². The van der Waals surface area contributed by atoms with Crippen molar-refractivity contribution in [2.75, 3.05) is 13.1 Å². The van der Waals surface area contributed by atoms with Crippen molar-refractivity contribution in [2.45, 2.75) is 25.7 Å². The topological polar surface area (TPSA) is 54.0 Å². The maximum Gasteiger partial charge on any atom is 0.314 e. The number of rotatable bonds is 7. The molecule has 1 heterocycles. The second-order valence-corrected chi connectivity index (χ2v) is 5.27. The van der Waals surface area contributed by atoms with Crippen LogP contribution in [0, 0.1) is 0 Å². The van der Waals surface area contributed by atoms with Crippen LogP contribution < -0.4 is 10.6 Å². The fraction of sp³-hybridized carbons (Fsp3) is 0.333. The van der Waals surface area contributed by atoms with Gasteiger partial charge >= 0.3 is 6.03 Å². The Labute approximate surface area is 132 Å². The van der Waals surface area contributed by atoms with Gasteiger partial charge in [0.1, 0.15) is 0 Å². The van der Waals surface area contributed by atoms with Gasteiger partial charge in [0.15, 0.2) is 0 Å². The molecule has 1 aromatic heterocycles. The van der Waals surface area contributed by atoms with Gasteiger partial charge in [0.2, 0.25) is 0 Å². The number of amides is 2. The number of pyridine rings is 1. The van der Waals surface area contributed by atoms with Crippen LogP contribution in [0.2, 0.25) is 0 Å². The number of nitrogens with zero attached hydrogens (tertiary/aromatic N) is 1. The standard InChI is InChI=1S/C18H23N3O/c1-2-11-20-18(22)21-14-16(15-8-4-3-5-9-15)13-17-10-6-7-12-19-17/h3-10,12,16H,2,11,13-14H2,1H3,(H2,20,21,22). The Kier molecular flexibility index (Phi) is 6.42. The molecule has 0 saturated carbocycles. The highest BCUT2D eigenvalue weighted by Crippen LogP contribution is 2.19. The molecule has 4 heteroatoms. The first kappa shape index (κ1) is 16.0.